The molecule has 0 aliphatic carbocycles. The Balaban J connectivity index is 1.45. The van der Waals surface area contributed by atoms with Crippen LogP contribution in [0.4, 0.5) is 14.5 Å². The van der Waals surface area contributed by atoms with E-state index in [1.165, 1.54) is 24.3 Å². The Morgan fingerprint density at radius 3 is 1.64 bits per heavy atom. The van der Waals surface area contributed by atoms with Crippen molar-refractivity contribution in [3.63, 3.8) is 0 Å². The van der Waals surface area contributed by atoms with Crippen LogP contribution in [0.1, 0.15) is 29.0 Å². The van der Waals surface area contributed by atoms with E-state index in [2.05, 4.69) is 4.90 Å². The number of nitrogens with zero attached hydrogens (tertiary/aromatic N) is 3. The molecule has 1 saturated heterocycles. The fourth-order valence-corrected chi connectivity index (χ4v) is 3.40. The number of halogens is 2. The van der Waals surface area contributed by atoms with Crippen molar-refractivity contribution in [1.82, 2.24) is 9.80 Å². The summed E-state index contributed by atoms with van der Waals surface area (Å²) in [7, 11) is 0. The summed E-state index contributed by atoms with van der Waals surface area (Å²) in [4.78, 5) is 14.3. The summed E-state index contributed by atoms with van der Waals surface area (Å²) >= 11 is 0. The van der Waals surface area contributed by atoms with Gasteiger partial charge < -0.3 is 0 Å². The van der Waals surface area contributed by atoms with E-state index in [1.54, 1.807) is 0 Å². The van der Waals surface area contributed by atoms with Gasteiger partial charge in [-0.25, -0.2) is 8.78 Å². The van der Waals surface area contributed by atoms with Crippen molar-refractivity contribution in [1.29, 1.82) is 0 Å². The van der Waals surface area contributed by atoms with E-state index in [0.29, 0.717) is 43.9 Å². The third-order valence-corrected chi connectivity index (χ3v) is 5.21. The number of hydrogen-bond donors (Lipinski definition) is 0. The maximum atomic E-state index is 14.5. The molecule has 2 aromatic carbocycles. The van der Waals surface area contributed by atoms with Gasteiger partial charge in [-0.1, -0.05) is 29.8 Å². The second-order valence-electron chi connectivity index (χ2n) is 7.30. The van der Waals surface area contributed by atoms with Crippen LogP contribution in [0.3, 0.4) is 0 Å². The average molecular weight is 389 g/mol. The zero-order chi connectivity index (χ0) is 20.1. The average Bonchev–Trinajstić information content (AvgIpc) is 2.70. The topological polar surface area (TPSA) is 49.6 Å². The summed E-state index contributed by atoms with van der Waals surface area (Å²) in [5.41, 5.74) is 2.20. The zero-order valence-corrected chi connectivity index (χ0v) is 15.9. The Hall–Kier alpha value is -2.38. The summed E-state index contributed by atoms with van der Waals surface area (Å²) in [6.07, 6.45) is -2.23. The van der Waals surface area contributed by atoms with E-state index in [-0.39, 0.29) is 12.2 Å². The van der Waals surface area contributed by atoms with Gasteiger partial charge in [-0.2, -0.15) is 0 Å². The van der Waals surface area contributed by atoms with Crippen LogP contribution in [-0.2, 0) is 0 Å². The summed E-state index contributed by atoms with van der Waals surface area (Å²) in [5.74, 6) is 0. The monoisotopic (exact) mass is 389 g/mol. The highest BCUT2D eigenvalue weighted by molar-refractivity contribution is 5.33. The van der Waals surface area contributed by atoms with Gasteiger partial charge in [0.15, 0.2) is 0 Å². The zero-order valence-electron chi connectivity index (χ0n) is 15.9. The molecule has 28 heavy (non-hydrogen) atoms. The van der Waals surface area contributed by atoms with Gasteiger partial charge in [-0.3, -0.25) is 19.9 Å². The van der Waals surface area contributed by atoms with Crippen molar-refractivity contribution >= 4 is 5.69 Å². The second-order valence-corrected chi connectivity index (χ2v) is 7.30. The molecule has 0 amide bonds. The number of piperazine rings is 1. The van der Waals surface area contributed by atoms with Crippen LogP contribution < -0.4 is 0 Å². The smallest absolute Gasteiger partial charge is 0.269 e. The third-order valence-electron chi connectivity index (χ3n) is 5.21. The molecule has 2 unspecified atom stereocenters. The summed E-state index contributed by atoms with van der Waals surface area (Å²) < 4.78 is 29.0. The molecule has 2 aromatic rings. The van der Waals surface area contributed by atoms with E-state index in [9.17, 15) is 18.9 Å². The Labute approximate surface area is 163 Å². The van der Waals surface area contributed by atoms with Crippen LogP contribution in [0.5, 0.6) is 0 Å². The van der Waals surface area contributed by atoms with Gasteiger partial charge in [0.05, 0.1) is 4.92 Å². The molecule has 1 aliphatic heterocycles. The first-order chi connectivity index (χ1) is 13.4. The number of non-ortho nitro benzene ring substituents is 1. The van der Waals surface area contributed by atoms with E-state index >= 15 is 0 Å². The van der Waals surface area contributed by atoms with Gasteiger partial charge >= 0.3 is 0 Å². The minimum atomic E-state index is -1.20. The lowest BCUT2D eigenvalue weighted by molar-refractivity contribution is -0.384. The SMILES string of the molecule is Cc1ccc(C(F)CN2CCN(CC(F)c3ccc([N+](=O)[O-])cc3)CC2)cc1. The van der Waals surface area contributed by atoms with Crippen LogP contribution in [0.25, 0.3) is 0 Å². The molecule has 0 N–H and O–H groups in total. The molecule has 0 radical (unpaired) electrons. The highest BCUT2D eigenvalue weighted by atomic mass is 19.1. The normalized spacial score (nSPS) is 18.0. The second kappa shape index (κ2) is 9.21. The van der Waals surface area contributed by atoms with E-state index < -0.39 is 17.3 Å². The van der Waals surface area contributed by atoms with Crippen molar-refractivity contribution in [3.05, 3.63) is 75.3 Å². The molecule has 2 atom stereocenters. The fraction of sp³-hybridized carbons (Fsp3) is 0.429. The summed E-state index contributed by atoms with van der Waals surface area (Å²) in [5, 5.41) is 10.7. The van der Waals surface area contributed by atoms with Gasteiger partial charge in [-0.05, 0) is 30.2 Å². The quantitative estimate of drug-likeness (QED) is 0.525. The molecule has 1 fully saturated rings. The van der Waals surface area contributed by atoms with Crippen molar-refractivity contribution in [2.24, 2.45) is 0 Å². The van der Waals surface area contributed by atoms with E-state index in [4.69, 9.17) is 0 Å². The number of alkyl halides is 2. The number of hydrogen-bond acceptors (Lipinski definition) is 4. The first-order valence-electron chi connectivity index (χ1n) is 9.46. The minimum Gasteiger partial charge on any atom is -0.298 e. The molecular weight excluding hydrogens is 364 g/mol. The Morgan fingerprint density at radius 2 is 1.25 bits per heavy atom. The van der Waals surface area contributed by atoms with Crippen LogP contribution in [0.2, 0.25) is 0 Å². The Kier molecular flexibility index (Phi) is 6.70. The molecule has 0 spiro atoms. The molecule has 0 saturated carbocycles. The highest BCUT2D eigenvalue weighted by Gasteiger charge is 2.23. The number of rotatable bonds is 7. The lowest BCUT2D eigenvalue weighted by Gasteiger charge is -2.35. The lowest BCUT2D eigenvalue weighted by atomic mass is 10.1. The number of nitro benzene ring substituents is 1. The number of nitro groups is 1. The largest absolute Gasteiger partial charge is 0.298 e. The molecule has 5 nitrogen and oxygen atoms in total. The highest BCUT2D eigenvalue weighted by Crippen LogP contribution is 2.23. The van der Waals surface area contributed by atoms with Gasteiger partial charge in [0.1, 0.15) is 12.3 Å². The van der Waals surface area contributed by atoms with Crippen molar-refractivity contribution in [2.45, 2.75) is 19.3 Å². The van der Waals surface area contributed by atoms with Crippen molar-refractivity contribution in [2.75, 3.05) is 39.3 Å². The molecule has 1 aliphatic rings. The Morgan fingerprint density at radius 1 is 0.857 bits per heavy atom. The predicted octanol–water partition coefficient (Wildman–Crippen LogP) is 4.24. The van der Waals surface area contributed by atoms with Gasteiger partial charge in [-0.15, -0.1) is 0 Å². The maximum Gasteiger partial charge on any atom is 0.269 e. The first-order valence-corrected chi connectivity index (χ1v) is 9.46. The first kappa shape index (κ1) is 20.4. The fourth-order valence-electron chi connectivity index (χ4n) is 3.40. The molecule has 0 bridgehead atoms. The molecule has 7 heteroatoms. The number of aryl methyl sites for hydroxylation is 1. The van der Waals surface area contributed by atoms with Crippen molar-refractivity contribution in [3.8, 4) is 0 Å². The van der Waals surface area contributed by atoms with Crippen LogP contribution in [0.15, 0.2) is 48.5 Å². The maximum absolute atomic E-state index is 14.5. The van der Waals surface area contributed by atoms with Crippen LogP contribution >= 0.6 is 0 Å². The van der Waals surface area contributed by atoms with E-state index in [0.717, 1.165) is 5.56 Å². The van der Waals surface area contributed by atoms with Gasteiger partial charge in [0, 0.05) is 51.4 Å². The molecule has 1 heterocycles. The molecule has 0 aromatic heterocycles. The van der Waals surface area contributed by atoms with Crippen LogP contribution in [0, 0.1) is 17.0 Å². The van der Waals surface area contributed by atoms with Crippen molar-refractivity contribution < 1.29 is 13.7 Å². The van der Waals surface area contributed by atoms with Gasteiger partial charge in [0.25, 0.3) is 5.69 Å². The number of benzene rings is 2. The molecule has 3 rings (SSSR count). The minimum absolute atomic E-state index is 0.0427. The Bertz CT molecular complexity index is 775. The standard InChI is InChI=1S/C21H25F2N3O2/c1-16-2-4-17(5-3-16)20(22)14-24-10-12-25(13-11-24)15-21(23)18-6-8-19(9-7-18)26(27)28/h2-9,20-21H,10-15H2,1H3. The predicted molar refractivity (Wildman–Crippen MR) is 105 cm³/mol. The third kappa shape index (κ3) is 5.33. The lowest BCUT2D eigenvalue weighted by Crippen LogP contribution is -2.48. The summed E-state index contributed by atoms with van der Waals surface area (Å²) in [6.45, 7) is 5.30. The van der Waals surface area contributed by atoms with E-state index in [1.807, 2.05) is 36.1 Å². The van der Waals surface area contributed by atoms with Gasteiger partial charge in [0.2, 0.25) is 0 Å². The summed E-state index contributed by atoms with van der Waals surface area (Å²) in [6, 6.07) is 13.1. The van der Waals surface area contributed by atoms with Crippen LogP contribution in [-0.4, -0.2) is 54.0 Å². The molecule has 150 valence electrons. The molecular formula is C21H25F2N3O2.